The van der Waals surface area contributed by atoms with Gasteiger partial charge in [-0.1, -0.05) is 19.8 Å². The van der Waals surface area contributed by atoms with Crippen LogP contribution >= 0.6 is 11.8 Å². The minimum absolute atomic E-state index is 0.107. The molecule has 0 heterocycles. The first-order valence-corrected chi connectivity index (χ1v) is 7.79. The second-order valence-electron chi connectivity index (χ2n) is 5.14. The number of carboxylic acid groups (broad SMARTS) is 1. The van der Waals surface area contributed by atoms with E-state index in [4.69, 9.17) is 5.11 Å². The van der Waals surface area contributed by atoms with E-state index in [0.717, 1.165) is 5.92 Å². The molecule has 1 aliphatic rings. The van der Waals surface area contributed by atoms with Crippen LogP contribution in [0.4, 0.5) is 0 Å². The van der Waals surface area contributed by atoms with Gasteiger partial charge in [-0.25, -0.2) is 0 Å². The van der Waals surface area contributed by atoms with Crippen LogP contribution in [-0.2, 0) is 9.59 Å². The molecule has 1 aliphatic carbocycles. The standard InChI is InChI=1S/C13H23NO3S/c1-10-3-2-4-11(7-10)8-12(15)14-5-6-18-9-13(16)17/h10-11H,2-9H2,1H3,(H,14,15)(H,16,17). The summed E-state index contributed by atoms with van der Waals surface area (Å²) in [5, 5.41) is 11.3. The quantitative estimate of drug-likeness (QED) is 0.697. The van der Waals surface area contributed by atoms with E-state index in [1.165, 1.54) is 37.4 Å². The van der Waals surface area contributed by atoms with Crippen molar-refractivity contribution in [1.29, 1.82) is 0 Å². The molecule has 0 bridgehead atoms. The molecule has 18 heavy (non-hydrogen) atoms. The summed E-state index contributed by atoms with van der Waals surface area (Å²) in [5.74, 6) is 1.38. The van der Waals surface area contributed by atoms with Crippen LogP contribution in [0.3, 0.4) is 0 Å². The number of carbonyl (C=O) groups is 2. The second-order valence-corrected chi connectivity index (χ2v) is 6.24. The Hall–Kier alpha value is -0.710. The fourth-order valence-electron chi connectivity index (χ4n) is 2.50. The van der Waals surface area contributed by atoms with Crippen LogP contribution in [0.25, 0.3) is 0 Å². The Morgan fingerprint density at radius 3 is 2.83 bits per heavy atom. The predicted octanol–water partition coefficient (Wildman–Crippen LogP) is 2.14. The van der Waals surface area contributed by atoms with Crippen molar-refractivity contribution >= 4 is 23.6 Å². The molecule has 4 nitrogen and oxygen atoms in total. The summed E-state index contributed by atoms with van der Waals surface area (Å²) in [6.07, 6.45) is 5.51. The lowest BCUT2D eigenvalue weighted by molar-refractivity contribution is -0.133. The third kappa shape index (κ3) is 6.89. The zero-order chi connectivity index (χ0) is 13.4. The van der Waals surface area contributed by atoms with Crippen molar-refractivity contribution in [2.24, 2.45) is 11.8 Å². The molecule has 1 saturated carbocycles. The van der Waals surface area contributed by atoms with Crippen molar-refractivity contribution in [2.45, 2.75) is 39.0 Å². The SMILES string of the molecule is CC1CCCC(CC(=O)NCCSCC(=O)O)C1. The van der Waals surface area contributed by atoms with Crippen LogP contribution in [0.2, 0.25) is 0 Å². The Morgan fingerprint density at radius 2 is 2.17 bits per heavy atom. The fraction of sp³-hybridized carbons (Fsp3) is 0.846. The molecule has 2 N–H and O–H groups in total. The predicted molar refractivity (Wildman–Crippen MR) is 73.7 cm³/mol. The molecule has 0 saturated heterocycles. The lowest BCUT2D eigenvalue weighted by Gasteiger charge is -2.26. The first kappa shape index (κ1) is 15.3. The Labute approximate surface area is 113 Å². The van der Waals surface area contributed by atoms with E-state index in [-0.39, 0.29) is 11.7 Å². The summed E-state index contributed by atoms with van der Waals surface area (Å²) >= 11 is 1.34. The normalized spacial score (nSPS) is 23.6. The van der Waals surface area contributed by atoms with Gasteiger partial charge in [0.05, 0.1) is 5.75 Å². The lowest BCUT2D eigenvalue weighted by atomic mass is 9.81. The van der Waals surface area contributed by atoms with Gasteiger partial charge < -0.3 is 10.4 Å². The number of nitrogens with one attached hydrogen (secondary N) is 1. The molecule has 5 heteroatoms. The molecule has 0 radical (unpaired) electrons. The second kappa shape index (κ2) is 8.40. The average Bonchev–Trinajstić information content (AvgIpc) is 2.28. The van der Waals surface area contributed by atoms with Crippen LogP contribution in [0, 0.1) is 11.8 Å². The zero-order valence-corrected chi connectivity index (χ0v) is 11.8. The monoisotopic (exact) mass is 273 g/mol. The van der Waals surface area contributed by atoms with Crippen molar-refractivity contribution in [1.82, 2.24) is 5.32 Å². The Balaban J connectivity index is 2.04. The molecule has 1 rings (SSSR count). The maximum absolute atomic E-state index is 11.7. The van der Waals surface area contributed by atoms with Gasteiger partial charge in [-0.3, -0.25) is 9.59 Å². The molecular formula is C13H23NO3S. The van der Waals surface area contributed by atoms with E-state index in [2.05, 4.69) is 12.2 Å². The van der Waals surface area contributed by atoms with E-state index in [1.54, 1.807) is 0 Å². The van der Waals surface area contributed by atoms with Crippen LogP contribution < -0.4 is 5.32 Å². The van der Waals surface area contributed by atoms with E-state index in [1.807, 2.05) is 0 Å². The first-order chi connectivity index (χ1) is 8.58. The third-order valence-corrected chi connectivity index (χ3v) is 4.26. The number of hydrogen-bond acceptors (Lipinski definition) is 3. The molecule has 0 aromatic rings. The minimum atomic E-state index is -0.803. The summed E-state index contributed by atoms with van der Waals surface area (Å²) in [6, 6.07) is 0. The van der Waals surface area contributed by atoms with Crippen molar-refractivity contribution in [3.63, 3.8) is 0 Å². The molecule has 0 spiro atoms. The summed E-state index contributed by atoms with van der Waals surface area (Å²) < 4.78 is 0. The highest BCUT2D eigenvalue weighted by atomic mass is 32.2. The molecule has 0 aromatic carbocycles. The number of aliphatic carboxylic acids is 1. The van der Waals surface area contributed by atoms with E-state index in [0.29, 0.717) is 24.6 Å². The molecule has 104 valence electrons. The summed E-state index contributed by atoms with van der Waals surface area (Å²) in [6.45, 7) is 2.83. The number of rotatable bonds is 7. The third-order valence-electron chi connectivity index (χ3n) is 3.31. The van der Waals surface area contributed by atoms with Gasteiger partial charge in [0.1, 0.15) is 0 Å². The summed E-state index contributed by atoms with van der Waals surface area (Å²) in [4.78, 5) is 22.0. The molecule has 2 atom stereocenters. The molecule has 1 amide bonds. The maximum Gasteiger partial charge on any atom is 0.313 e. The van der Waals surface area contributed by atoms with Gasteiger partial charge in [0.25, 0.3) is 0 Å². The van der Waals surface area contributed by atoms with Crippen molar-refractivity contribution in [2.75, 3.05) is 18.1 Å². The highest BCUT2D eigenvalue weighted by molar-refractivity contribution is 7.99. The molecule has 0 aliphatic heterocycles. The molecule has 2 unspecified atom stereocenters. The van der Waals surface area contributed by atoms with Gasteiger partial charge in [-0.15, -0.1) is 11.8 Å². The van der Waals surface area contributed by atoms with Crippen molar-refractivity contribution < 1.29 is 14.7 Å². The average molecular weight is 273 g/mol. The van der Waals surface area contributed by atoms with Crippen LogP contribution in [-0.4, -0.2) is 35.0 Å². The Morgan fingerprint density at radius 1 is 1.39 bits per heavy atom. The highest BCUT2D eigenvalue weighted by Crippen LogP contribution is 2.30. The molecule has 1 fully saturated rings. The number of carbonyl (C=O) groups excluding carboxylic acids is 1. The number of hydrogen-bond donors (Lipinski definition) is 2. The van der Waals surface area contributed by atoms with Gasteiger partial charge in [0, 0.05) is 18.7 Å². The highest BCUT2D eigenvalue weighted by Gasteiger charge is 2.20. The maximum atomic E-state index is 11.7. The molecular weight excluding hydrogens is 250 g/mol. The van der Waals surface area contributed by atoms with Crippen molar-refractivity contribution in [3.05, 3.63) is 0 Å². The first-order valence-electron chi connectivity index (χ1n) is 6.64. The Kier molecular flexibility index (Phi) is 7.16. The van der Waals surface area contributed by atoms with Crippen LogP contribution in [0.15, 0.2) is 0 Å². The van der Waals surface area contributed by atoms with Gasteiger partial charge >= 0.3 is 5.97 Å². The smallest absolute Gasteiger partial charge is 0.313 e. The van der Waals surface area contributed by atoms with Crippen LogP contribution in [0.1, 0.15) is 39.0 Å². The number of carboxylic acids is 1. The van der Waals surface area contributed by atoms with Crippen molar-refractivity contribution in [3.8, 4) is 0 Å². The van der Waals surface area contributed by atoms with Gasteiger partial charge in [0.15, 0.2) is 0 Å². The fourth-order valence-corrected chi connectivity index (χ4v) is 3.07. The van der Waals surface area contributed by atoms with Gasteiger partial charge in [0.2, 0.25) is 5.91 Å². The minimum Gasteiger partial charge on any atom is -0.481 e. The van der Waals surface area contributed by atoms with E-state index >= 15 is 0 Å². The van der Waals surface area contributed by atoms with Gasteiger partial charge in [-0.05, 0) is 24.7 Å². The number of thioether (sulfide) groups is 1. The molecule has 0 aromatic heterocycles. The number of amides is 1. The van der Waals surface area contributed by atoms with E-state index in [9.17, 15) is 9.59 Å². The summed E-state index contributed by atoms with van der Waals surface area (Å²) in [5.41, 5.74) is 0. The van der Waals surface area contributed by atoms with E-state index < -0.39 is 5.97 Å². The topological polar surface area (TPSA) is 66.4 Å². The zero-order valence-electron chi connectivity index (χ0n) is 11.0. The Bertz CT molecular complexity index is 283. The van der Waals surface area contributed by atoms with Gasteiger partial charge in [-0.2, -0.15) is 0 Å². The van der Waals surface area contributed by atoms with Crippen LogP contribution in [0.5, 0.6) is 0 Å². The lowest BCUT2D eigenvalue weighted by Crippen LogP contribution is -2.29. The largest absolute Gasteiger partial charge is 0.481 e. The summed E-state index contributed by atoms with van der Waals surface area (Å²) in [7, 11) is 0.